The normalized spacial score (nSPS) is 7.50. The summed E-state index contributed by atoms with van der Waals surface area (Å²) in [6.07, 6.45) is 0. The van der Waals surface area contributed by atoms with Gasteiger partial charge < -0.3 is 10.9 Å². The molecule has 5 N–H and O–H groups in total. The molecule has 6 heavy (non-hydrogen) atoms. The van der Waals surface area contributed by atoms with Crippen LogP contribution in [0.15, 0.2) is 0 Å². The van der Waals surface area contributed by atoms with Gasteiger partial charge in [0, 0.05) is 0 Å². The number of carbonyl (C=O) groups is 1. The molecule has 5 nitrogen and oxygen atoms in total. The van der Waals surface area contributed by atoms with E-state index in [4.69, 9.17) is 0 Å². The Kier molecular flexibility index (Phi) is 2.10. The van der Waals surface area contributed by atoms with Crippen LogP contribution < -0.4 is 16.7 Å². The lowest BCUT2D eigenvalue weighted by Gasteiger charge is -1.96. The van der Waals surface area contributed by atoms with Gasteiger partial charge in [0.15, 0.2) is 0 Å². The van der Waals surface area contributed by atoms with Crippen LogP contribution in [0.1, 0.15) is 0 Å². The maximum atomic E-state index is 9.48. The van der Waals surface area contributed by atoms with Crippen molar-refractivity contribution < 1.29 is 10.4 Å². The van der Waals surface area contributed by atoms with E-state index in [9.17, 15) is 10.0 Å². The van der Waals surface area contributed by atoms with E-state index in [0.29, 0.717) is 0 Å². The first-order valence-corrected chi connectivity index (χ1v) is 1.27. The van der Waals surface area contributed by atoms with Crippen LogP contribution in [0.25, 0.3) is 0 Å². The third-order valence-electron chi connectivity index (χ3n) is 0.201. The largest absolute Gasteiger partial charge is 0.609 e. The topological polar surface area (TPSA) is 94.8 Å². The fraction of sp³-hybridized carbons (Fsp3) is 0. The molecule has 0 heterocycles. The Balaban J connectivity index is 2.83. The molecule has 36 valence electrons. The Morgan fingerprint density at radius 1 is 2.00 bits per heavy atom. The quantitative estimate of drug-likeness (QED) is 0.191. The molecule has 0 radical (unpaired) electrons. The molecule has 0 aliphatic rings. The molecule has 0 unspecified atom stereocenters. The average molecular weight is 91.1 g/mol. The highest BCUT2D eigenvalue weighted by Gasteiger charge is 1.80. The predicted molar refractivity (Wildman–Crippen MR) is 18.0 cm³/mol. The van der Waals surface area contributed by atoms with Crippen LogP contribution in [0.4, 0.5) is 4.79 Å². The molecule has 5 heteroatoms. The molecule has 2 amide bonds. The zero-order valence-electron chi connectivity index (χ0n) is 2.97. The summed E-state index contributed by atoms with van der Waals surface area (Å²) in [6, 6.07) is -0.829. The van der Waals surface area contributed by atoms with E-state index >= 15 is 0 Å². The van der Waals surface area contributed by atoms with Gasteiger partial charge in [-0.1, -0.05) is 0 Å². The molecule has 0 aromatic heterocycles. The van der Waals surface area contributed by atoms with E-state index in [-0.39, 0.29) is 5.59 Å². The molecule has 0 aromatic carbocycles. The lowest BCUT2D eigenvalue weighted by Crippen LogP contribution is -2.89. The average Bonchev–Trinajstić information content (AvgIpc) is 1.35. The highest BCUT2D eigenvalue weighted by atomic mass is 16.5. The van der Waals surface area contributed by atoms with Crippen molar-refractivity contribution in [3.8, 4) is 0 Å². The minimum atomic E-state index is -0.829. The monoisotopic (exact) mass is 91.0 g/mol. The number of hydrogen-bond acceptors (Lipinski definition) is 2. The highest BCUT2D eigenvalue weighted by Crippen LogP contribution is 1.34. The molecule has 0 aliphatic heterocycles. The molecule has 0 fully saturated rings. The summed E-state index contributed by atoms with van der Waals surface area (Å²) in [7, 11) is 0. The van der Waals surface area contributed by atoms with Crippen molar-refractivity contribution in [3.05, 3.63) is 5.21 Å². The van der Waals surface area contributed by atoms with Gasteiger partial charge in [0.2, 0.25) is 0 Å². The smallest absolute Gasteiger partial charge is 0.356 e. The Bertz CT molecular complexity index is 52.8. The van der Waals surface area contributed by atoms with Crippen molar-refractivity contribution in [1.29, 1.82) is 0 Å². The predicted octanol–water partition coefficient (Wildman–Crippen LogP) is -2.37. The summed E-state index contributed by atoms with van der Waals surface area (Å²) in [5.74, 6) is 0. The van der Waals surface area contributed by atoms with E-state index in [1.807, 2.05) is 0 Å². The number of hydrogen-bond donors (Lipinski definition) is 3. The van der Waals surface area contributed by atoms with E-state index in [1.54, 1.807) is 5.43 Å². The first-order chi connectivity index (χ1) is 2.77. The maximum absolute atomic E-state index is 9.48. The van der Waals surface area contributed by atoms with Crippen LogP contribution in [0.5, 0.6) is 0 Å². The number of nitrogens with two attached hydrogens (primary N) is 2. The zero-order valence-corrected chi connectivity index (χ0v) is 2.97. The van der Waals surface area contributed by atoms with Crippen LogP contribution >= 0.6 is 0 Å². The van der Waals surface area contributed by atoms with E-state index in [1.165, 1.54) is 0 Å². The second-order valence-electron chi connectivity index (χ2n) is 0.626. The number of primary amides is 1. The zero-order chi connectivity index (χ0) is 4.99. The van der Waals surface area contributed by atoms with Crippen LogP contribution in [0, 0.1) is 5.21 Å². The highest BCUT2D eigenvalue weighted by molar-refractivity contribution is 5.69. The third-order valence-corrected chi connectivity index (χ3v) is 0.201. The molecule has 0 saturated carbocycles. The van der Waals surface area contributed by atoms with Gasteiger partial charge in [0.1, 0.15) is 0 Å². The van der Waals surface area contributed by atoms with Gasteiger partial charge in [-0.05, 0) is 0 Å². The van der Waals surface area contributed by atoms with Gasteiger partial charge >= 0.3 is 6.03 Å². The Morgan fingerprint density at radius 2 is 2.50 bits per heavy atom. The van der Waals surface area contributed by atoms with Crippen LogP contribution in [-0.4, -0.2) is 6.03 Å². The van der Waals surface area contributed by atoms with Crippen LogP contribution in [0.3, 0.4) is 0 Å². The van der Waals surface area contributed by atoms with Crippen molar-refractivity contribution in [2.75, 3.05) is 0 Å². The fourth-order valence-electron chi connectivity index (χ4n) is 0.0581. The molecule has 0 spiro atoms. The van der Waals surface area contributed by atoms with E-state index < -0.39 is 6.03 Å². The summed E-state index contributed by atoms with van der Waals surface area (Å²) in [6.45, 7) is 0. The SMILES string of the molecule is NC(=O)N[NH2+][O-]. The molecule has 0 saturated heterocycles. The van der Waals surface area contributed by atoms with Crippen LogP contribution in [0.2, 0.25) is 0 Å². The summed E-state index contributed by atoms with van der Waals surface area (Å²) in [5.41, 5.74) is 6.31. The van der Waals surface area contributed by atoms with Crippen molar-refractivity contribution in [1.82, 2.24) is 5.43 Å². The van der Waals surface area contributed by atoms with Gasteiger partial charge in [-0.3, -0.25) is 5.59 Å². The Morgan fingerprint density at radius 3 is 2.50 bits per heavy atom. The van der Waals surface area contributed by atoms with Crippen LogP contribution in [-0.2, 0) is 0 Å². The fourth-order valence-corrected chi connectivity index (χ4v) is 0.0581. The van der Waals surface area contributed by atoms with Crippen molar-refractivity contribution in [2.45, 2.75) is 0 Å². The first kappa shape index (κ1) is 5.19. The molecule has 0 aliphatic carbocycles. The van der Waals surface area contributed by atoms with Gasteiger partial charge in [0.25, 0.3) is 0 Å². The Labute approximate surface area is 34.1 Å². The second kappa shape index (κ2) is 2.43. The molecular weight excluding hydrogens is 86.0 g/mol. The molecule has 0 aromatic rings. The van der Waals surface area contributed by atoms with Gasteiger partial charge in [-0.15, -0.1) is 0 Å². The summed E-state index contributed by atoms with van der Waals surface area (Å²) in [4.78, 5) is 9.48. The number of rotatable bonds is 1. The molecular formula is CH5N3O2. The van der Waals surface area contributed by atoms with Gasteiger partial charge in [0.05, 0.1) is 0 Å². The van der Waals surface area contributed by atoms with Crippen molar-refractivity contribution >= 4 is 6.03 Å². The number of urea groups is 1. The van der Waals surface area contributed by atoms with E-state index in [2.05, 4.69) is 5.73 Å². The standard InChI is InChI=1S/CH5N3O2/c2-1(5)3-4-6/h4H2,(H3,2,3,5). The molecule has 0 atom stereocenters. The van der Waals surface area contributed by atoms with Crippen molar-refractivity contribution in [2.24, 2.45) is 5.73 Å². The lowest BCUT2D eigenvalue weighted by molar-refractivity contribution is -0.634. The first-order valence-electron chi connectivity index (χ1n) is 1.27. The lowest BCUT2D eigenvalue weighted by atomic mass is 11.2. The minimum Gasteiger partial charge on any atom is -0.609 e. The minimum absolute atomic E-state index is 0.225. The summed E-state index contributed by atoms with van der Waals surface area (Å²) in [5, 5.41) is 9.20. The number of carbonyl (C=O) groups excluding carboxylic acids is 1. The number of nitrogens with one attached hydrogen (secondary N) is 1. The molecule has 0 rings (SSSR count). The van der Waals surface area contributed by atoms with Crippen molar-refractivity contribution in [3.63, 3.8) is 0 Å². The number of amides is 2. The Hall–Kier alpha value is -0.810. The maximum Gasteiger partial charge on any atom is 0.356 e. The second-order valence-corrected chi connectivity index (χ2v) is 0.626. The van der Waals surface area contributed by atoms with E-state index in [0.717, 1.165) is 0 Å². The summed E-state index contributed by atoms with van der Waals surface area (Å²) >= 11 is 0. The third kappa shape index (κ3) is 3.19. The molecule has 0 bridgehead atoms. The van der Waals surface area contributed by atoms with Gasteiger partial charge in [-0.25, -0.2) is 4.79 Å². The van der Waals surface area contributed by atoms with Gasteiger partial charge in [-0.2, -0.15) is 5.43 Å². The number of quaternary nitrogens is 1. The summed E-state index contributed by atoms with van der Waals surface area (Å²) < 4.78 is 0.